The Morgan fingerprint density at radius 2 is 2.00 bits per heavy atom. The van der Waals surface area contributed by atoms with Crippen molar-refractivity contribution in [2.45, 2.75) is 18.9 Å². The summed E-state index contributed by atoms with van der Waals surface area (Å²) in [6, 6.07) is 0. The van der Waals surface area contributed by atoms with Crippen molar-refractivity contribution < 1.29 is 3.07 Å². The first-order valence-corrected chi connectivity index (χ1v) is 3.79. The molecular weight excluding hydrogens is 217 g/mol. The van der Waals surface area contributed by atoms with Gasteiger partial charge in [0.1, 0.15) is 23.0 Å². The molecule has 0 aromatic rings. The maximum Gasteiger partial charge on any atom is 0.110 e. The molecule has 1 fully saturated rings. The van der Waals surface area contributed by atoms with Crippen LogP contribution in [-0.4, -0.2) is 19.2 Å². The Labute approximate surface area is 63.7 Å². The minimum atomic E-state index is 0.511. The molecule has 0 aromatic heterocycles. The summed E-state index contributed by atoms with van der Waals surface area (Å²) in [6.07, 6.45) is 2.85. The molecule has 1 rings (SSSR count). The number of rotatable bonds is 1. The molecule has 0 bridgehead atoms. The highest BCUT2D eigenvalue weighted by Gasteiger charge is 2.10. The lowest BCUT2D eigenvalue weighted by Crippen LogP contribution is -2.30. The molecule has 1 aliphatic heterocycles. The van der Waals surface area contributed by atoms with Crippen molar-refractivity contribution in [1.29, 1.82) is 0 Å². The third-order valence-corrected chi connectivity index (χ3v) is 2.13. The van der Waals surface area contributed by atoms with Gasteiger partial charge in [0, 0.05) is 0 Å². The van der Waals surface area contributed by atoms with Gasteiger partial charge in [-0.3, -0.25) is 0 Å². The fraction of sp³-hybridized carbons (Fsp3) is 1.00. The maximum absolute atomic E-state index is 5.12. The van der Waals surface area contributed by atoms with Crippen LogP contribution in [0.4, 0.5) is 0 Å². The van der Waals surface area contributed by atoms with Crippen LogP contribution in [0, 0.1) is 0 Å². The van der Waals surface area contributed by atoms with E-state index >= 15 is 0 Å². The van der Waals surface area contributed by atoms with Crippen LogP contribution in [0.15, 0.2) is 0 Å². The summed E-state index contributed by atoms with van der Waals surface area (Å²) in [6.45, 7) is 2.24. The van der Waals surface area contributed by atoms with Gasteiger partial charge in [0.15, 0.2) is 0 Å². The van der Waals surface area contributed by atoms with E-state index in [-0.39, 0.29) is 0 Å². The van der Waals surface area contributed by atoms with E-state index in [1.807, 2.05) is 23.0 Å². The van der Waals surface area contributed by atoms with Gasteiger partial charge in [0.2, 0.25) is 0 Å². The van der Waals surface area contributed by atoms with Gasteiger partial charge >= 0.3 is 0 Å². The van der Waals surface area contributed by atoms with Crippen LogP contribution in [0.5, 0.6) is 0 Å². The molecule has 3 heteroatoms. The molecule has 48 valence electrons. The number of piperidine rings is 1. The predicted octanol–water partition coefficient (Wildman–Crippen LogP) is 1.10. The molecule has 0 saturated carbocycles. The van der Waals surface area contributed by atoms with Crippen molar-refractivity contribution in [3.05, 3.63) is 0 Å². The van der Waals surface area contributed by atoms with E-state index in [2.05, 4.69) is 5.32 Å². The van der Waals surface area contributed by atoms with E-state index < -0.39 is 0 Å². The highest BCUT2D eigenvalue weighted by atomic mass is 127. The van der Waals surface area contributed by atoms with Crippen LogP contribution in [-0.2, 0) is 3.07 Å². The summed E-state index contributed by atoms with van der Waals surface area (Å²) in [5, 5.41) is 3.27. The summed E-state index contributed by atoms with van der Waals surface area (Å²) in [4.78, 5) is 0. The van der Waals surface area contributed by atoms with E-state index in [0.717, 1.165) is 13.1 Å². The lowest BCUT2D eigenvalue weighted by molar-refractivity contribution is 0.225. The zero-order chi connectivity index (χ0) is 5.82. The molecule has 0 atom stereocenters. The molecule has 1 heterocycles. The van der Waals surface area contributed by atoms with E-state index in [1.165, 1.54) is 12.8 Å². The Bertz CT molecular complexity index is 63.4. The highest BCUT2D eigenvalue weighted by Crippen LogP contribution is 2.09. The number of hydrogen-bond acceptors (Lipinski definition) is 2. The molecule has 0 aliphatic carbocycles. The van der Waals surface area contributed by atoms with Crippen LogP contribution in [0.1, 0.15) is 12.8 Å². The average molecular weight is 227 g/mol. The van der Waals surface area contributed by atoms with E-state index in [0.29, 0.717) is 6.10 Å². The molecule has 2 nitrogen and oxygen atoms in total. The average Bonchev–Trinajstić information content (AvgIpc) is 1.90. The predicted molar refractivity (Wildman–Crippen MR) is 41.0 cm³/mol. The lowest BCUT2D eigenvalue weighted by Gasteiger charge is -2.19. The van der Waals surface area contributed by atoms with E-state index in [1.54, 1.807) is 0 Å². The quantitative estimate of drug-likeness (QED) is 0.677. The molecule has 0 aromatic carbocycles. The summed E-state index contributed by atoms with van der Waals surface area (Å²) in [5.41, 5.74) is 0. The zero-order valence-electron chi connectivity index (χ0n) is 4.69. The second kappa shape index (κ2) is 3.63. The molecule has 8 heavy (non-hydrogen) atoms. The topological polar surface area (TPSA) is 21.3 Å². The summed E-state index contributed by atoms with van der Waals surface area (Å²) < 4.78 is 5.12. The third kappa shape index (κ3) is 1.87. The van der Waals surface area contributed by atoms with Gasteiger partial charge in [-0.05, 0) is 25.9 Å². The third-order valence-electron chi connectivity index (χ3n) is 1.41. The van der Waals surface area contributed by atoms with Gasteiger partial charge < -0.3 is 8.38 Å². The van der Waals surface area contributed by atoms with Gasteiger partial charge in [-0.15, -0.1) is 0 Å². The molecule has 0 radical (unpaired) electrons. The van der Waals surface area contributed by atoms with Gasteiger partial charge in [0.25, 0.3) is 0 Å². The van der Waals surface area contributed by atoms with Gasteiger partial charge in [-0.2, -0.15) is 0 Å². The molecular formula is C5H10INO. The van der Waals surface area contributed by atoms with Gasteiger partial charge in [-0.1, -0.05) is 0 Å². The van der Waals surface area contributed by atoms with Crippen molar-refractivity contribution in [3.63, 3.8) is 0 Å². The fourth-order valence-corrected chi connectivity index (χ4v) is 1.39. The van der Waals surface area contributed by atoms with Crippen LogP contribution in [0.25, 0.3) is 0 Å². The van der Waals surface area contributed by atoms with Crippen molar-refractivity contribution in [2.75, 3.05) is 13.1 Å². The molecule has 1 saturated heterocycles. The van der Waals surface area contributed by atoms with Crippen LogP contribution >= 0.6 is 23.0 Å². The Hall–Kier alpha value is 0.650. The van der Waals surface area contributed by atoms with E-state index in [9.17, 15) is 0 Å². The minimum absolute atomic E-state index is 0.511. The first-order valence-electron chi connectivity index (χ1n) is 2.91. The maximum atomic E-state index is 5.12. The second-order valence-corrected chi connectivity index (χ2v) is 2.55. The number of halogens is 1. The smallest absolute Gasteiger partial charge is 0.110 e. The minimum Gasteiger partial charge on any atom is -0.317 e. The monoisotopic (exact) mass is 227 g/mol. The zero-order valence-corrected chi connectivity index (χ0v) is 6.85. The number of nitrogens with one attached hydrogen (secondary N) is 1. The molecule has 0 unspecified atom stereocenters. The molecule has 1 aliphatic rings. The van der Waals surface area contributed by atoms with Crippen molar-refractivity contribution in [2.24, 2.45) is 0 Å². The summed E-state index contributed by atoms with van der Waals surface area (Å²) in [5.74, 6) is 0. The molecule has 1 N–H and O–H groups in total. The van der Waals surface area contributed by atoms with Gasteiger partial charge in [0.05, 0.1) is 6.10 Å². The highest BCUT2D eigenvalue weighted by molar-refractivity contribution is 14.1. The first-order chi connectivity index (χ1) is 3.93. The SMILES string of the molecule is IOC1CCNCC1. The van der Waals surface area contributed by atoms with Crippen molar-refractivity contribution in [3.8, 4) is 0 Å². The summed E-state index contributed by atoms with van der Waals surface area (Å²) in [7, 11) is 0. The molecule has 0 spiro atoms. The van der Waals surface area contributed by atoms with Crippen LogP contribution in [0.2, 0.25) is 0 Å². The van der Waals surface area contributed by atoms with Crippen molar-refractivity contribution in [1.82, 2.24) is 5.32 Å². The Kier molecular flexibility index (Phi) is 3.07. The van der Waals surface area contributed by atoms with Crippen LogP contribution in [0.3, 0.4) is 0 Å². The standard InChI is InChI=1S/C5H10INO/c6-8-5-1-3-7-4-2-5/h5,7H,1-4H2. The summed E-state index contributed by atoms with van der Waals surface area (Å²) >= 11 is 1.98. The van der Waals surface area contributed by atoms with Gasteiger partial charge in [-0.25, -0.2) is 0 Å². The van der Waals surface area contributed by atoms with Crippen LogP contribution < -0.4 is 5.32 Å². The first kappa shape index (κ1) is 6.77. The lowest BCUT2D eigenvalue weighted by atomic mass is 10.1. The molecule has 0 amide bonds. The van der Waals surface area contributed by atoms with Crippen molar-refractivity contribution >= 4 is 23.0 Å². The number of hydrogen-bond donors (Lipinski definition) is 1. The largest absolute Gasteiger partial charge is 0.317 e. The Morgan fingerprint density at radius 1 is 1.38 bits per heavy atom. The normalized spacial score (nSPS) is 23.6. The second-order valence-electron chi connectivity index (χ2n) is 2.04. The Morgan fingerprint density at radius 3 is 2.38 bits per heavy atom. The van der Waals surface area contributed by atoms with E-state index in [4.69, 9.17) is 3.07 Å². The fourth-order valence-electron chi connectivity index (χ4n) is 0.885. The Balaban J connectivity index is 2.13.